The Morgan fingerprint density at radius 2 is 2.07 bits per heavy atom. The van der Waals surface area contributed by atoms with E-state index < -0.39 is 0 Å². The smallest absolute Gasteiger partial charge is 0.234 e. The predicted molar refractivity (Wildman–Crippen MR) is 109 cm³/mol. The molecule has 1 aliphatic rings. The van der Waals surface area contributed by atoms with Crippen molar-refractivity contribution in [3.8, 4) is 5.75 Å². The highest BCUT2D eigenvalue weighted by atomic mass is 16.5. The zero-order valence-electron chi connectivity index (χ0n) is 16.1. The molecule has 28 heavy (non-hydrogen) atoms. The molecule has 1 aromatic heterocycles. The molecular formula is C22H26N4O2. The number of imidazole rings is 1. The molecule has 1 fully saturated rings. The summed E-state index contributed by atoms with van der Waals surface area (Å²) in [5, 5.41) is 3.01. The van der Waals surface area contributed by atoms with Gasteiger partial charge in [0.25, 0.3) is 0 Å². The van der Waals surface area contributed by atoms with Gasteiger partial charge in [-0.05, 0) is 37.6 Å². The van der Waals surface area contributed by atoms with Gasteiger partial charge < -0.3 is 15.0 Å². The number of carbonyl (C=O) groups is 1. The van der Waals surface area contributed by atoms with E-state index in [4.69, 9.17) is 9.72 Å². The van der Waals surface area contributed by atoms with Gasteiger partial charge in [-0.3, -0.25) is 9.69 Å². The lowest BCUT2D eigenvalue weighted by Gasteiger charge is -2.31. The summed E-state index contributed by atoms with van der Waals surface area (Å²) >= 11 is 0. The Bertz CT molecular complexity index is 919. The number of methoxy groups -OCH3 is 1. The van der Waals surface area contributed by atoms with Crippen molar-refractivity contribution in [2.45, 2.75) is 25.3 Å². The van der Waals surface area contributed by atoms with Crippen molar-refractivity contribution in [2.75, 3.05) is 26.7 Å². The van der Waals surface area contributed by atoms with Gasteiger partial charge in [-0.25, -0.2) is 4.98 Å². The number of ether oxygens (including phenoxy) is 1. The van der Waals surface area contributed by atoms with Gasteiger partial charge in [-0.1, -0.05) is 30.3 Å². The summed E-state index contributed by atoms with van der Waals surface area (Å²) in [6.07, 6.45) is 2.17. The van der Waals surface area contributed by atoms with Gasteiger partial charge in [0.2, 0.25) is 5.91 Å². The maximum atomic E-state index is 12.5. The van der Waals surface area contributed by atoms with E-state index in [2.05, 4.69) is 21.3 Å². The standard InChI is InChI=1S/C22H26N4O2/c1-28-20-11-5-2-7-16(20)13-23-21(27)15-26-12-6-8-17(14-26)22-24-18-9-3-4-10-19(18)25-22/h2-5,7,9-11,17H,6,8,12-15H2,1H3,(H,23,27)(H,24,25)/t17-/m1/s1. The molecule has 146 valence electrons. The van der Waals surface area contributed by atoms with Crippen LogP contribution in [0.3, 0.4) is 0 Å². The van der Waals surface area contributed by atoms with Crippen LogP contribution in [0.4, 0.5) is 0 Å². The number of likely N-dealkylation sites (tertiary alicyclic amines) is 1. The highest BCUT2D eigenvalue weighted by Crippen LogP contribution is 2.26. The number of carbonyl (C=O) groups excluding carboxylic acids is 1. The zero-order chi connectivity index (χ0) is 19.3. The van der Waals surface area contributed by atoms with Crippen molar-refractivity contribution in [3.05, 3.63) is 59.9 Å². The zero-order valence-corrected chi connectivity index (χ0v) is 16.1. The second-order valence-electron chi connectivity index (χ2n) is 7.30. The lowest BCUT2D eigenvalue weighted by atomic mass is 9.97. The van der Waals surface area contributed by atoms with E-state index in [0.717, 1.165) is 54.1 Å². The first-order valence-electron chi connectivity index (χ1n) is 9.78. The van der Waals surface area contributed by atoms with Crippen molar-refractivity contribution in [2.24, 2.45) is 0 Å². The molecule has 0 saturated carbocycles. The summed E-state index contributed by atoms with van der Waals surface area (Å²) in [4.78, 5) is 22.9. The Kier molecular flexibility index (Phi) is 5.58. The number of hydrogen-bond acceptors (Lipinski definition) is 4. The average Bonchev–Trinajstić information content (AvgIpc) is 3.17. The molecule has 0 aliphatic carbocycles. The van der Waals surface area contributed by atoms with Crippen molar-refractivity contribution in [3.63, 3.8) is 0 Å². The summed E-state index contributed by atoms with van der Waals surface area (Å²) in [6, 6.07) is 15.9. The number of benzene rings is 2. The van der Waals surface area contributed by atoms with Crippen LogP contribution in [0, 0.1) is 0 Å². The largest absolute Gasteiger partial charge is 0.496 e. The Morgan fingerprint density at radius 3 is 2.93 bits per heavy atom. The number of H-pyrrole nitrogens is 1. The number of nitrogens with zero attached hydrogens (tertiary/aromatic N) is 2. The number of rotatable bonds is 6. The summed E-state index contributed by atoms with van der Waals surface area (Å²) in [5.74, 6) is 2.20. The van der Waals surface area contributed by atoms with Crippen molar-refractivity contribution in [1.82, 2.24) is 20.2 Å². The molecule has 2 N–H and O–H groups in total. The lowest BCUT2D eigenvalue weighted by molar-refractivity contribution is -0.122. The van der Waals surface area contributed by atoms with Gasteiger partial charge in [0.1, 0.15) is 11.6 Å². The number of fused-ring (bicyclic) bond motifs is 1. The third-order valence-corrected chi connectivity index (χ3v) is 5.34. The van der Waals surface area contributed by atoms with E-state index in [0.29, 0.717) is 19.0 Å². The monoisotopic (exact) mass is 378 g/mol. The van der Waals surface area contributed by atoms with E-state index in [1.54, 1.807) is 7.11 Å². The molecule has 6 heteroatoms. The number of aromatic nitrogens is 2. The summed E-state index contributed by atoms with van der Waals surface area (Å²) in [6.45, 7) is 2.68. The molecule has 0 spiro atoms. The average molecular weight is 378 g/mol. The van der Waals surface area contributed by atoms with Crippen LogP contribution in [-0.4, -0.2) is 47.5 Å². The van der Waals surface area contributed by atoms with Gasteiger partial charge in [-0.15, -0.1) is 0 Å². The highest BCUT2D eigenvalue weighted by molar-refractivity contribution is 5.78. The number of amides is 1. The lowest BCUT2D eigenvalue weighted by Crippen LogP contribution is -2.42. The summed E-state index contributed by atoms with van der Waals surface area (Å²) < 4.78 is 5.34. The molecule has 1 amide bonds. The van der Waals surface area contributed by atoms with Crippen LogP contribution in [0.25, 0.3) is 11.0 Å². The second kappa shape index (κ2) is 8.44. The summed E-state index contributed by atoms with van der Waals surface area (Å²) in [5.41, 5.74) is 3.06. The van der Waals surface area contributed by atoms with Crippen LogP contribution in [-0.2, 0) is 11.3 Å². The van der Waals surface area contributed by atoms with Crippen molar-refractivity contribution >= 4 is 16.9 Å². The van der Waals surface area contributed by atoms with E-state index in [1.807, 2.05) is 42.5 Å². The molecule has 0 unspecified atom stereocenters. The Hall–Kier alpha value is -2.86. The predicted octanol–water partition coefficient (Wildman–Crippen LogP) is 3.07. The third-order valence-electron chi connectivity index (χ3n) is 5.34. The second-order valence-corrected chi connectivity index (χ2v) is 7.30. The number of hydrogen-bond donors (Lipinski definition) is 2. The minimum Gasteiger partial charge on any atom is -0.496 e. The van der Waals surface area contributed by atoms with E-state index >= 15 is 0 Å². The maximum Gasteiger partial charge on any atom is 0.234 e. The molecule has 1 aliphatic heterocycles. The molecule has 3 aromatic rings. The van der Waals surface area contributed by atoms with Crippen LogP contribution < -0.4 is 10.1 Å². The van der Waals surface area contributed by atoms with Crippen LogP contribution in [0.15, 0.2) is 48.5 Å². The van der Waals surface area contributed by atoms with Gasteiger partial charge in [0.15, 0.2) is 0 Å². The normalized spacial score (nSPS) is 17.5. The summed E-state index contributed by atoms with van der Waals surface area (Å²) in [7, 11) is 1.65. The first kappa shape index (κ1) is 18.5. The quantitative estimate of drug-likeness (QED) is 0.692. The minimum atomic E-state index is 0.0381. The number of aromatic amines is 1. The molecule has 1 saturated heterocycles. The molecule has 2 aromatic carbocycles. The van der Waals surface area contributed by atoms with Gasteiger partial charge >= 0.3 is 0 Å². The Morgan fingerprint density at radius 1 is 1.25 bits per heavy atom. The molecule has 4 rings (SSSR count). The van der Waals surface area contributed by atoms with Crippen LogP contribution in [0.2, 0.25) is 0 Å². The van der Waals surface area contributed by atoms with Gasteiger partial charge in [0.05, 0.1) is 24.7 Å². The van der Waals surface area contributed by atoms with E-state index in [1.165, 1.54) is 0 Å². The van der Waals surface area contributed by atoms with Crippen LogP contribution >= 0.6 is 0 Å². The molecule has 1 atom stereocenters. The Labute approximate surface area is 164 Å². The Balaban J connectivity index is 1.33. The van der Waals surface area contributed by atoms with Crippen molar-refractivity contribution < 1.29 is 9.53 Å². The van der Waals surface area contributed by atoms with Crippen molar-refractivity contribution in [1.29, 1.82) is 0 Å². The molecule has 2 heterocycles. The molecule has 6 nitrogen and oxygen atoms in total. The number of para-hydroxylation sites is 3. The molecular weight excluding hydrogens is 352 g/mol. The number of piperidine rings is 1. The first-order chi connectivity index (χ1) is 13.7. The van der Waals surface area contributed by atoms with E-state index in [9.17, 15) is 4.79 Å². The van der Waals surface area contributed by atoms with Gasteiger partial charge in [0, 0.05) is 24.6 Å². The van der Waals surface area contributed by atoms with Crippen LogP contribution in [0.5, 0.6) is 5.75 Å². The molecule has 0 radical (unpaired) electrons. The highest BCUT2D eigenvalue weighted by Gasteiger charge is 2.25. The minimum absolute atomic E-state index is 0.0381. The maximum absolute atomic E-state index is 12.5. The van der Waals surface area contributed by atoms with E-state index in [-0.39, 0.29) is 5.91 Å². The fraction of sp³-hybridized carbons (Fsp3) is 0.364. The topological polar surface area (TPSA) is 70.2 Å². The van der Waals surface area contributed by atoms with Crippen LogP contribution in [0.1, 0.15) is 30.1 Å². The molecule has 0 bridgehead atoms. The number of nitrogens with one attached hydrogen (secondary N) is 2. The SMILES string of the molecule is COc1ccccc1CNC(=O)CN1CCC[C@@H](c2nc3ccccc3[nH]2)C1. The van der Waals surface area contributed by atoms with Gasteiger partial charge in [-0.2, -0.15) is 0 Å². The first-order valence-corrected chi connectivity index (χ1v) is 9.78. The fourth-order valence-electron chi connectivity index (χ4n) is 3.89. The fourth-order valence-corrected chi connectivity index (χ4v) is 3.89. The third kappa shape index (κ3) is 4.17.